The van der Waals surface area contributed by atoms with Crippen molar-refractivity contribution in [3.8, 4) is 6.07 Å². The lowest BCUT2D eigenvalue weighted by Crippen LogP contribution is -2.47. The molecule has 30 heavy (non-hydrogen) atoms. The number of anilines is 2. The normalized spacial score (nSPS) is 30.0. The van der Waals surface area contributed by atoms with E-state index in [1.165, 1.54) is 0 Å². The monoisotopic (exact) mass is 411 g/mol. The molecular weight excluding hydrogens is 386 g/mol. The minimum atomic E-state index is -0.880. The molecule has 1 amide bonds. The topological polar surface area (TPSA) is 120 Å². The van der Waals surface area contributed by atoms with Crippen LogP contribution in [0.3, 0.4) is 0 Å². The summed E-state index contributed by atoms with van der Waals surface area (Å²) in [5.41, 5.74) is 0.157. The SMILES string of the molecule is N#CC1C(=O)Nc2nc(N3CCC4(CC3)OCCO4)[nH]c(=O)c2C1C1CC=CCC1. The lowest BCUT2D eigenvalue weighted by molar-refractivity contribution is -0.169. The standard InChI is InChI=1S/C21H25N5O4/c22-12-14-15(13-4-2-1-3-5-13)16-17(23-18(14)27)24-20(25-19(16)28)26-8-6-21(7-9-26)29-10-11-30-21/h1-2,13-15H,3-11H2,(H2,23,24,25,27,28). The van der Waals surface area contributed by atoms with Crippen molar-refractivity contribution in [1.29, 1.82) is 5.26 Å². The van der Waals surface area contributed by atoms with E-state index in [4.69, 9.17) is 9.47 Å². The first kappa shape index (κ1) is 19.3. The molecule has 158 valence electrons. The maximum absolute atomic E-state index is 13.1. The predicted octanol–water partition coefficient (Wildman–Crippen LogP) is 1.64. The second kappa shape index (κ2) is 7.52. The second-order valence-corrected chi connectivity index (χ2v) is 8.41. The highest BCUT2D eigenvalue weighted by Crippen LogP contribution is 2.43. The van der Waals surface area contributed by atoms with Gasteiger partial charge < -0.3 is 19.7 Å². The Labute approximate surface area is 174 Å². The van der Waals surface area contributed by atoms with E-state index in [1.807, 2.05) is 4.90 Å². The first-order valence-electron chi connectivity index (χ1n) is 10.6. The zero-order chi connectivity index (χ0) is 20.7. The van der Waals surface area contributed by atoms with Crippen LogP contribution in [0.15, 0.2) is 16.9 Å². The molecule has 2 N–H and O–H groups in total. The predicted molar refractivity (Wildman–Crippen MR) is 108 cm³/mol. The number of aromatic amines is 1. The van der Waals surface area contributed by atoms with Crippen molar-refractivity contribution in [1.82, 2.24) is 9.97 Å². The number of fused-ring (bicyclic) bond motifs is 1. The van der Waals surface area contributed by atoms with E-state index in [0.717, 1.165) is 19.3 Å². The van der Waals surface area contributed by atoms with E-state index in [1.54, 1.807) is 0 Å². The van der Waals surface area contributed by atoms with Crippen LogP contribution in [0.1, 0.15) is 43.6 Å². The molecule has 0 radical (unpaired) electrons. The summed E-state index contributed by atoms with van der Waals surface area (Å²) < 4.78 is 11.5. The number of piperidine rings is 1. The van der Waals surface area contributed by atoms with Crippen LogP contribution in [0.4, 0.5) is 11.8 Å². The van der Waals surface area contributed by atoms with Crippen molar-refractivity contribution in [3.63, 3.8) is 0 Å². The number of nitriles is 1. The van der Waals surface area contributed by atoms with Crippen LogP contribution in [0.25, 0.3) is 0 Å². The zero-order valence-electron chi connectivity index (χ0n) is 16.7. The number of nitrogens with zero attached hydrogens (tertiary/aromatic N) is 3. The van der Waals surface area contributed by atoms with Gasteiger partial charge in [0.15, 0.2) is 5.79 Å². The first-order chi connectivity index (χ1) is 14.6. The fourth-order valence-electron chi connectivity index (χ4n) is 5.18. The Morgan fingerprint density at radius 2 is 1.97 bits per heavy atom. The summed E-state index contributed by atoms with van der Waals surface area (Å²) in [5, 5.41) is 12.4. The van der Waals surface area contributed by atoms with E-state index < -0.39 is 17.6 Å². The Balaban J connectivity index is 1.46. The molecule has 0 bridgehead atoms. The number of hydrogen-bond acceptors (Lipinski definition) is 7. The molecule has 1 aromatic rings. The van der Waals surface area contributed by atoms with E-state index in [2.05, 4.69) is 33.5 Å². The molecule has 4 aliphatic rings. The Morgan fingerprint density at radius 1 is 1.20 bits per heavy atom. The number of allylic oxidation sites excluding steroid dienone is 2. The molecule has 1 aliphatic carbocycles. The maximum atomic E-state index is 13.1. The minimum Gasteiger partial charge on any atom is -0.347 e. The Kier molecular flexibility index (Phi) is 4.83. The molecule has 9 heteroatoms. The third-order valence-corrected chi connectivity index (χ3v) is 6.75. The number of amides is 1. The maximum Gasteiger partial charge on any atom is 0.257 e. The third-order valence-electron chi connectivity index (χ3n) is 6.75. The van der Waals surface area contributed by atoms with E-state index in [9.17, 15) is 14.9 Å². The minimum absolute atomic E-state index is 0.0738. The lowest BCUT2D eigenvalue weighted by atomic mass is 9.71. The van der Waals surface area contributed by atoms with Gasteiger partial charge in [-0.2, -0.15) is 10.2 Å². The molecule has 2 fully saturated rings. The van der Waals surface area contributed by atoms with Gasteiger partial charge in [0.25, 0.3) is 5.56 Å². The molecule has 5 rings (SSSR count). The molecule has 1 spiro atoms. The van der Waals surface area contributed by atoms with Crippen LogP contribution in [0.5, 0.6) is 0 Å². The molecule has 0 saturated carbocycles. The summed E-state index contributed by atoms with van der Waals surface area (Å²) in [5.74, 6) is -1.42. The average molecular weight is 411 g/mol. The van der Waals surface area contributed by atoms with E-state index in [-0.39, 0.29) is 17.4 Å². The summed E-state index contributed by atoms with van der Waals surface area (Å²) in [6.45, 7) is 2.48. The van der Waals surface area contributed by atoms with Crippen molar-refractivity contribution < 1.29 is 14.3 Å². The number of ether oxygens (including phenoxy) is 2. The molecular formula is C21H25N5O4. The zero-order valence-corrected chi connectivity index (χ0v) is 16.7. The molecule has 2 saturated heterocycles. The van der Waals surface area contributed by atoms with Gasteiger partial charge in [0, 0.05) is 31.8 Å². The summed E-state index contributed by atoms with van der Waals surface area (Å²) in [7, 11) is 0. The van der Waals surface area contributed by atoms with Crippen molar-refractivity contribution in [2.75, 3.05) is 36.5 Å². The second-order valence-electron chi connectivity index (χ2n) is 8.41. The smallest absolute Gasteiger partial charge is 0.257 e. The van der Waals surface area contributed by atoms with E-state index in [0.29, 0.717) is 56.5 Å². The highest BCUT2D eigenvalue weighted by Gasteiger charge is 2.44. The highest BCUT2D eigenvalue weighted by atomic mass is 16.7. The first-order valence-corrected chi connectivity index (χ1v) is 10.6. The van der Waals surface area contributed by atoms with E-state index >= 15 is 0 Å². The number of H-pyrrole nitrogens is 1. The average Bonchev–Trinajstić information content (AvgIpc) is 3.21. The van der Waals surface area contributed by atoms with Gasteiger partial charge in [0.05, 0.1) is 24.8 Å². The number of rotatable bonds is 2. The fraction of sp³-hybridized carbons (Fsp3) is 0.619. The van der Waals surface area contributed by atoms with Gasteiger partial charge in [0.2, 0.25) is 11.9 Å². The van der Waals surface area contributed by atoms with Gasteiger partial charge in [0.1, 0.15) is 11.7 Å². The third kappa shape index (κ3) is 3.20. The molecule has 9 nitrogen and oxygen atoms in total. The quantitative estimate of drug-likeness (QED) is 0.710. The van der Waals surface area contributed by atoms with Crippen LogP contribution in [-0.2, 0) is 14.3 Å². The van der Waals surface area contributed by atoms with Crippen molar-refractivity contribution in [2.45, 2.75) is 43.8 Å². The summed E-state index contributed by atoms with van der Waals surface area (Å²) in [6.07, 6.45) is 8.04. The largest absolute Gasteiger partial charge is 0.347 e. The highest BCUT2D eigenvalue weighted by molar-refractivity contribution is 5.97. The number of aromatic nitrogens is 2. The van der Waals surface area contributed by atoms with Crippen LogP contribution >= 0.6 is 0 Å². The number of carbonyl (C=O) groups is 1. The lowest BCUT2D eigenvalue weighted by Gasteiger charge is -2.38. The Bertz CT molecular complexity index is 965. The molecule has 1 aromatic heterocycles. The molecule has 3 atom stereocenters. The van der Waals surface area contributed by atoms with Gasteiger partial charge in [-0.25, -0.2) is 0 Å². The molecule has 3 aliphatic heterocycles. The van der Waals surface area contributed by atoms with Gasteiger partial charge >= 0.3 is 0 Å². The van der Waals surface area contributed by atoms with Gasteiger partial charge in [-0.05, 0) is 25.2 Å². The number of carbonyl (C=O) groups excluding carboxylic acids is 1. The van der Waals surface area contributed by atoms with Gasteiger partial charge in [-0.15, -0.1) is 0 Å². The van der Waals surface area contributed by atoms with Crippen molar-refractivity contribution in [3.05, 3.63) is 28.1 Å². The Hall–Kier alpha value is -2.70. The Morgan fingerprint density at radius 3 is 2.63 bits per heavy atom. The molecule has 4 heterocycles. The molecule has 3 unspecified atom stereocenters. The number of hydrogen-bond donors (Lipinski definition) is 2. The van der Waals surface area contributed by atoms with Crippen molar-refractivity contribution >= 4 is 17.7 Å². The summed E-state index contributed by atoms with van der Waals surface area (Å²) in [6, 6.07) is 2.12. The summed E-state index contributed by atoms with van der Waals surface area (Å²) in [4.78, 5) is 35.3. The van der Waals surface area contributed by atoms with Crippen LogP contribution < -0.4 is 15.8 Å². The van der Waals surface area contributed by atoms with Crippen LogP contribution in [0.2, 0.25) is 0 Å². The van der Waals surface area contributed by atoms with Gasteiger partial charge in [-0.3, -0.25) is 14.6 Å². The number of nitrogens with one attached hydrogen (secondary N) is 2. The molecule has 0 aromatic carbocycles. The van der Waals surface area contributed by atoms with Crippen LogP contribution in [-0.4, -0.2) is 48.0 Å². The van der Waals surface area contributed by atoms with Crippen LogP contribution in [0, 0.1) is 23.2 Å². The summed E-state index contributed by atoms with van der Waals surface area (Å²) >= 11 is 0. The van der Waals surface area contributed by atoms with Gasteiger partial charge in [-0.1, -0.05) is 12.2 Å². The fourth-order valence-corrected chi connectivity index (χ4v) is 5.18. The van der Waals surface area contributed by atoms with Crippen molar-refractivity contribution in [2.24, 2.45) is 11.8 Å².